The van der Waals surface area contributed by atoms with Gasteiger partial charge in [0, 0.05) is 26.2 Å². The van der Waals surface area contributed by atoms with Crippen molar-refractivity contribution in [1.29, 1.82) is 0 Å². The lowest BCUT2D eigenvalue weighted by atomic mass is 10.2. The molecule has 0 spiro atoms. The number of hydrogen-bond acceptors (Lipinski definition) is 5. The van der Waals surface area contributed by atoms with E-state index in [4.69, 9.17) is 11.6 Å². The van der Waals surface area contributed by atoms with Crippen LogP contribution in [0.15, 0.2) is 18.6 Å². The maximum atomic E-state index is 12.0. The average Bonchev–Trinajstić information content (AvgIpc) is 2.92. The van der Waals surface area contributed by atoms with Gasteiger partial charge in [-0.3, -0.25) is 9.89 Å². The number of halogens is 1. The highest BCUT2D eigenvalue weighted by Gasteiger charge is 2.11. The Balaban J connectivity index is 1.95. The van der Waals surface area contributed by atoms with Gasteiger partial charge in [-0.1, -0.05) is 11.6 Å². The summed E-state index contributed by atoms with van der Waals surface area (Å²) in [6, 6.07) is 1.60. The molecule has 0 fully saturated rings. The highest BCUT2D eigenvalue weighted by Crippen LogP contribution is 2.17. The number of H-pyrrole nitrogens is 1. The van der Waals surface area contributed by atoms with Gasteiger partial charge in [-0.2, -0.15) is 5.10 Å². The predicted molar refractivity (Wildman–Crippen MR) is 71.2 cm³/mol. The van der Waals surface area contributed by atoms with E-state index in [-0.39, 0.29) is 5.91 Å². The second-order valence-corrected chi connectivity index (χ2v) is 4.14. The lowest BCUT2D eigenvalue weighted by molar-refractivity contribution is 0.0954. The van der Waals surface area contributed by atoms with Gasteiger partial charge < -0.3 is 10.6 Å². The van der Waals surface area contributed by atoms with Crippen molar-refractivity contribution in [2.75, 3.05) is 18.9 Å². The summed E-state index contributed by atoms with van der Waals surface area (Å²) in [7, 11) is 1.72. The van der Waals surface area contributed by atoms with E-state index in [2.05, 4.69) is 30.8 Å². The van der Waals surface area contributed by atoms with E-state index in [0.29, 0.717) is 29.4 Å². The molecule has 1 amide bonds. The predicted octanol–water partition coefficient (Wildman–Crippen LogP) is 0.867. The van der Waals surface area contributed by atoms with E-state index in [1.807, 2.05) is 0 Å². The van der Waals surface area contributed by atoms with E-state index >= 15 is 0 Å². The summed E-state index contributed by atoms with van der Waals surface area (Å²) in [4.78, 5) is 19.9. The van der Waals surface area contributed by atoms with E-state index in [0.717, 1.165) is 5.82 Å². The van der Waals surface area contributed by atoms with Gasteiger partial charge >= 0.3 is 0 Å². The van der Waals surface area contributed by atoms with Crippen LogP contribution >= 0.6 is 11.6 Å². The van der Waals surface area contributed by atoms with Crippen molar-refractivity contribution in [3.05, 3.63) is 35.0 Å². The van der Waals surface area contributed by atoms with E-state index in [1.54, 1.807) is 13.1 Å². The van der Waals surface area contributed by atoms with Gasteiger partial charge in [-0.05, 0) is 6.07 Å². The topological polar surface area (TPSA) is 95.6 Å². The summed E-state index contributed by atoms with van der Waals surface area (Å²) in [5.41, 5.74) is 0.388. The number of rotatable bonds is 5. The van der Waals surface area contributed by atoms with E-state index in [9.17, 15) is 4.79 Å². The second-order valence-electron chi connectivity index (χ2n) is 3.74. The van der Waals surface area contributed by atoms with Gasteiger partial charge in [0.05, 0.1) is 10.6 Å². The first-order chi connectivity index (χ1) is 9.20. The molecular weight excluding hydrogens is 268 g/mol. The van der Waals surface area contributed by atoms with Gasteiger partial charge in [-0.25, -0.2) is 9.97 Å². The third-order valence-electron chi connectivity index (χ3n) is 2.47. The van der Waals surface area contributed by atoms with Crippen molar-refractivity contribution in [1.82, 2.24) is 25.5 Å². The minimum atomic E-state index is -0.247. The minimum Gasteiger partial charge on any atom is -0.373 e. The minimum absolute atomic E-state index is 0.247. The van der Waals surface area contributed by atoms with Crippen molar-refractivity contribution in [3.63, 3.8) is 0 Å². The van der Waals surface area contributed by atoms with Crippen LogP contribution in [0.5, 0.6) is 0 Å². The number of nitrogens with zero attached hydrogens (tertiary/aromatic N) is 3. The van der Waals surface area contributed by atoms with Crippen molar-refractivity contribution in [2.24, 2.45) is 0 Å². The van der Waals surface area contributed by atoms with Crippen molar-refractivity contribution >= 4 is 23.3 Å². The quantitative estimate of drug-likeness (QED) is 0.755. The molecule has 2 aromatic rings. The molecule has 0 aliphatic heterocycles. The fourth-order valence-corrected chi connectivity index (χ4v) is 1.68. The summed E-state index contributed by atoms with van der Waals surface area (Å²) < 4.78 is 0. The first-order valence-corrected chi connectivity index (χ1v) is 6.04. The summed E-state index contributed by atoms with van der Waals surface area (Å²) >= 11 is 5.95. The molecule has 8 heteroatoms. The van der Waals surface area contributed by atoms with Crippen LogP contribution in [0, 0.1) is 0 Å². The maximum absolute atomic E-state index is 12.0. The number of aromatic amines is 1. The van der Waals surface area contributed by atoms with Gasteiger partial charge in [0.1, 0.15) is 18.0 Å². The lowest BCUT2D eigenvalue weighted by Crippen LogP contribution is -2.26. The Labute approximate surface area is 114 Å². The number of carbonyl (C=O) groups is 1. The highest BCUT2D eigenvalue weighted by molar-refractivity contribution is 6.33. The molecule has 3 N–H and O–H groups in total. The van der Waals surface area contributed by atoms with Crippen LogP contribution in [0.25, 0.3) is 0 Å². The van der Waals surface area contributed by atoms with Crippen molar-refractivity contribution in [2.45, 2.75) is 6.42 Å². The zero-order valence-electron chi connectivity index (χ0n) is 10.3. The molecule has 2 heterocycles. The van der Waals surface area contributed by atoms with E-state index in [1.165, 1.54) is 12.5 Å². The van der Waals surface area contributed by atoms with Gasteiger partial charge in [0.2, 0.25) is 0 Å². The molecule has 2 rings (SSSR count). The number of amides is 1. The zero-order chi connectivity index (χ0) is 13.7. The lowest BCUT2D eigenvalue weighted by Gasteiger charge is -2.07. The first kappa shape index (κ1) is 13.3. The summed E-state index contributed by atoms with van der Waals surface area (Å²) in [5.74, 6) is 1.06. The van der Waals surface area contributed by atoms with Crippen LogP contribution in [-0.2, 0) is 6.42 Å². The molecule has 0 bridgehead atoms. The molecular formula is C11H13ClN6O. The maximum Gasteiger partial charge on any atom is 0.253 e. The second kappa shape index (κ2) is 6.14. The molecule has 0 saturated carbocycles. The summed E-state index contributed by atoms with van der Waals surface area (Å²) in [6.45, 7) is 0.446. The van der Waals surface area contributed by atoms with Crippen LogP contribution in [0.1, 0.15) is 16.2 Å². The normalized spacial score (nSPS) is 10.2. The Morgan fingerprint density at radius 3 is 3.00 bits per heavy atom. The summed E-state index contributed by atoms with van der Waals surface area (Å²) in [5, 5.41) is 12.4. The third-order valence-corrected chi connectivity index (χ3v) is 2.77. The average molecular weight is 281 g/mol. The molecule has 0 radical (unpaired) electrons. The Bertz CT molecular complexity index is 556. The fourth-order valence-electron chi connectivity index (χ4n) is 1.49. The number of aromatic nitrogens is 4. The van der Waals surface area contributed by atoms with Crippen LogP contribution in [0.4, 0.5) is 5.82 Å². The Morgan fingerprint density at radius 2 is 2.32 bits per heavy atom. The standard InChI is InChI=1S/C11H13ClN6O/c1-13-10-4-7(8(12)5-15-10)11(19)14-3-2-9-16-6-17-18-9/h4-6H,2-3H2,1H3,(H,13,15)(H,14,19)(H,16,17,18). The molecule has 19 heavy (non-hydrogen) atoms. The Morgan fingerprint density at radius 1 is 1.47 bits per heavy atom. The smallest absolute Gasteiger partial charge is 0.253 e. The number of pyridine rings is 1. The molecule has 0 aromatic carbocycles. The molecule has 100 valence electrons. The van der Waals surface area contributed by atoms with Gasteiger partial charge in [-0.15, -0.1) is 0 Å². The number of nitrogens with one attached hydrogen (secondary N) is 3. The fraction of sp³-hybridized carbons (Fsp3) is 0.273. The molecule has 0 saturated heterocycles. The molecule has 0 aliphatic rings. The molecule has 0 unspecified atom stereocenters. The van der Waals surface area contributed by atoms with Crippen molar-refractivity contribution in [3.8, 4) is 0 Å². The first-order valence-electron chi connectivity index (χ1n) is 5.66. The van der Waals surface area contributed by atoms with Crippen molar-refractivity contribution < 1.29 is 4.79 Å². The van der Waals surface area contributed by atoms with Gasteiger partial charge in [0.15, 0.2) is 0 Å². The molecule has 0 aliphatic carbocycles. The number of carbonyl (C=O) groups excluding carboxylic acids is 1. The van der Waals surface area contributed by atoms with E-state index < -0.39 is 0 Å². The molecule has 7 nitrogen and oxygen atoms in total. The number of hydrogen-bond donors (Lipinski definition) is 3. The third kappa shape index (κ3) is 3.41. The Kier molecular flexibility index (Phi) is 4.30. The number of anilines is 1. The van der Waals surface area contributed by atoms with Crippen LogP contribution in [-0.4, -0.2) is 39.7 Å². The zero-order valence-corrected chi connectivity index (χ0v) is 11.0. The van der Waals surface area contributed by atoms with Crippen LogP contribution in [0.2, 0.25) is 5.02 Å². The Hall–Kier alpha value is -2.15. The SMILES string of the molecule is CNc1cc(C(=O)NCCc2ncn[nH]2)c(Cl)cn1. The van der Waals surface area contributed by atoms with Gasteiger partial charge in [0.25, 0.3) is 5.91 Å². The van der Waals surface area contributed by atoms with Crippen LogP contribution in [0.3, 0.4) is 0 Å². The summed E-state index contributed by atoms with van der Waals surface area (Å²) in [6.07, 6.45) is 3.45. The molecule has 2 aromatic heterocycles. The highest BCUT2D eigenvalue weighted by atomic mass is 35.5. The van der Waals surface area contributed by atoms with Crippen LogP contribution < -0.4 is 10.6 Å². The molecule has 0 atom stereocenters. The monoisotopic (exact) mass is 280 g/mol. The largest absolute Gasteiger partial charge is 0.373 e.